The predicted octanol–water partition coefficient (Wildman–Crippen LogP) is 3.01. The van der Waals surface area contributed by atoms with Gasteiger partial charge in [-0.25, -0.2) is 4.79 Å². The van der Waals surface area contributed by atoms with Gasteiger partial charge in [0.2, 0.25) is 0 Å². The minimum Gasteiger partial charge on any atom is -0.455 e. The van der Waals surface area contributed by atoms with Gasteiger partial charge in [-0.1, -0.05) is 81.4 Å². The molecule has 2 aromatic carbocycles. The Morgan fingerprint density at radius 1 is 0.933 bits per heavy atom. The summed E-state index contributed by atoms with van der Waals surface area (Å²) in [5.41, 5.74) is 0. The van der Waals surface area contributed by atoms with Gasteiger partial charge in [0.05, 0.1) is 6.61 Å². The van der Waals surface area contributed by atoms with Crippen molar-refractivity contribution in [1.29, 1.82) is 0 Å². The van der Waals surface area contributed by atoms with Gasteiger partial charge in [-0.15, -0.1) is 0 Å². The first-order valence-electron chi connectivity index (χ1n) is 10.5. The Balaban J connectivity index is 1.70. The van der Waals surface area contributed by atoms with E-state index in [1.807, 2.05) is 26.0 Å². The van der Waals surface area contributed by atoms with Gasteiger partial charge < -0.3 is 18.6 Å². The third kappa shape index (κ3) is 3.62. The van der Waals surface area contributed by atoms with Gasteiger partial charge in [-0.05, 0) is 29.3 Å². The van der Waals surface area contributed by atoms with E-state index < -0.39 is 32.4 Å². The molecular formula is C24H30O5Si. The summed E-state index contributed by atoms with van der Waals surface area (Å²) in [4.78, 5) is 12.3. The highest BCUT2D eigenvalue weighted by atomic mass is 28.4. The number of benzene rings is 2. The molecule has 0 bridgehead atoms. The first-order chi connectivity index (χ1) is 14.1. The fourth-order valence-corrected chi connectivity index (χ4v) is 9.19. The average molecular weight is 427 g/mol. The maximum Gasteiger partial charge on any atom is 0.338 e. The molecule has 160 valence electrons. The van der Waals surface area contributed by atoms with E-state index in [1.165, 1.54) is 10.4 Å². The zero-order chi connectivity index (χ0) is 21.6. The van der Waals surface area contributed by atoms with Crippen LogP contribution in [0.15, 0.2) is 60.7 Å². The molecule has 0 aromatic heterocycles. The van der Waals surface area contributed by atoms with Crippen LogP contribution >= 0.6 is 0 Å². The van der Waals surface area contributed by atoms with E-state index in [0.717, 1.165) is 0 Å². The molecular weight excluding hydrogens is 396 g/mol. The minimum atomic E-state index is -2.71. The third-order valence-corrected chi connectivity index (χ3v) is 10.9. The van der Waals surface area contributed by atoms with Crippen LogP contribution in [0.1, 0.15) is 34.6 Å². The van der Waals surface area contributed by atoms with Gasteiger partial charge in [0, 0.05) is 0 Å². The fraction of sp³-hybridized carbons (Fsp3) is 0.458. The number of hydrogen-bond donors (Lipinski definition) is 0. The lowest BCUT2D eigenvalue weighted by molar-refractivity contribution is -0.188. The summed E-state index contributed by atoms with van der Waals surface area (Å²) in [5.74, 6) is -1.17. The highest BCUT2D eigenvalue weighted by Crippen LogP contribution is 2.39. The van der Waals surface area contributed by atoms with Crippen LogP contribution in [0.4, 0.5) is 0 Å². The Kier molecular flexibility index (Phi) is 5.39. The lowest BCUT2D eigenvalue weighted by Crippen LogP contribution is -2.67. The van der Waals surface area contributed by atoms with Gasteiger partial charge in [0.25, 0.3) is 8.32 Å². The van der Waals surface area contributed by atoms with Gasteiger partial charge in [0.15, 0.2) is 18.0 Å². The average Bonchev–Trinajstić information content (AvgIpc) is 3.17. The highest BCUT2D eigenvalue weighted by molar-refractivity contribution is 6.99. The molecule has 2 saturated heterocycles. The van der Waals surface area contributed by atoms with Crippen molar-refractivity contribution in [1.82, 2.24) is 0 Å². The summed E-state index contributed by atoms with van der Waals surface area (Å²) in [5, 5.41) is 2.23. The summed E-state index contributed by atoms with van der Waals surface area (Å²) in [6.45, 7) is 10.6. The maximum atomic E-state index is 12.3. The van der Waals surface area contributed by atoms with E-state index in [0.29, 0.717) is 0 Å². The molecule has 2 fully saturated rings. The molecule has 0 N–H and O–H groups in total. The molecule has 2 aliphatic rings. The second-order valence-electron chi connectivity index (χ2n) is 9.47. The van der Waals surface area contributed by atoms with E-state index in [2.05, 4.69) is 69.3 Å². The normalized spacial score (nSPS) is 25.8. The number of carbonyl (C=O) groups is 1. The molecule has 0 saturated carbocycles. The zero-order valence-corrected chi connectivity index (χ0v) is 19.3. The molecule has 0 aliphatic carbocycles. The topological polar surface area (TPSA) is 54.0 Å². The molecule has 1 unspecified atom stereocenters. The molecule has 2 aromatic rings. The van der Waals surface area contributed by atoms with Crippen molar-refractivity contribution in [2.45, 2.75) is 63.8 Å². The van der Waals surface area contributed by atoms with Crippen molar-refractivity contribution < 1.29 is 23.4 Å². The molecule has 0 spiro atoms. The number of esters is 1. The molecule has 4 rings (SSSR count). The maximum absolute atomic E-state index is 12.3. The Morgan fingerprint density at radius 3 is 1.97 bits per heavy atom. The van der Waals surface area contributed by atoms with Gasteiger partial charge in [-0.3, -0.25) is 0 Å². The second kappa shape index (κ2) is 7.61. The Bertz CT molecular complexity index is 851. The summed E-state index contributed by atoms with van der Waals surface area (Å²) in [6, 6.07) is 20.8. The van der Waals surface area contributed by atoms with Crippen LogP contribution in [0, 0.1) is 0 Å². The summed E-state index contributed by atoms with van der Waals surface area (Å²) in [7, 11) is -2.71. The lowest BCUT2D eigenvalue weighted by atomic mass is 10.1. The number of carbonyl (C=O) groups excluding carboxylic acids is 1. The smallest absolute Gasteiger partial charge is 0.338 e. The van der Waals surface area contributed by atoms with Gasteiger partial charge in [-0.2, -0.15) is 0 Å². The summed E-state index contributed by atoms with van der Waals surface area (Å²) in [6.07, 6.45) is -1.63. The largest absolute Gasteiger partial charge is 0.455 e. The number of cyclic esters (lactones) is 1. The molecule has 5 nitrogen and oxygen atoms in total. The predicted molar refractivity (Wildman–Crippen MR) is 117 cm³/mol. The molecule has 2 aliphatic heterocycles. The van der Waals surface area contributed by atoms with E-state index in [1.54, 1.807) is 0 Å². The van der Waals surface area contributed by atoms with Gasteiger partial charge >= 0.3 is 5.97 Å². The first kappa shape index (κ1) is 21.2. The number of hydrogen-bond acceptors (Lipinski definition) is 5. The summed E-state index contributed by atoms with van der Waals surface area (Å²) < 4.78 is 24.2. The molecule has 30 heavy (non-hydrogen) atoms. The number of fused-ring (bicyclic) bond motifs is 1. The van der Waals surface area contributed by atoms with E-state index in [-0.39, 0.29) is 17.6 Å². The molecule has 2 heterocycles. The first-order valence-corrected chi connectivity index (χ1v) is 12.4. The van der Waals surface area contributed by atoms with E-state index in [4.69, 9.17) is 18.6 Å². The van der Waals surface area contributed by atoms with Crippen molar-refractivity contribution in [3.05, 3.63) is 60.7 Å². The van der Waals surface area contributed by atoms with Crippen LogP contribution in [-0.4, -0.2) is 45.0 Å². The van der Waals surface area contributed by atoms with Crippen molar-refractivity contribution in [2.75, 3.05) is 6.61 Å². The fourth-order valence-electron chi connectivity index (χ4n) is 4.62. The monoisotopic (exact) mass is 426 g/mol. The van der Waals surface area contributed by atoms with E-state index in [9.17, 15) is 4.79 Å². The lowest BCUT2D eigenvalue weighted by Gasteiger charge is -2.43. The number of ether oxygens (including phenoxy) is 3. The van der Waals surface area contributed by atoms with Crippen molar-refractivity contribution >= 4 is 24.7 Å². The van der Waals surface area contributed by atoms with Gasteiger partial charge in [0.1, 0.15) is 6.10 Å². The molecule has 0 radical (unpaired) electrons. The number of rotatable bonds is 5. The quantitative estimate of drug-likeness (QED) is 0.543. The van der Waals surface area contributed by atoms with Crippen LogP contribution in [0.3, 0.4) is 0 Å². The third-order valence-electron chi connectivity index (χ3n) is 5.88. The zero-order valence-electron chi connectivity index (χ0n) is 18.3. The molecule has 6 heteroatoms. The van der Waals surface area contributed by atoms with Crippen molar-refractivity contribution in [3.8, 4) is 0 Å². The SMILES string of the molecule is CC1(C)OC2C(=O)O[C@H](CO[Si](c3ccccc3)(c3ccccc3)C(C)(C)C)[C@@H]2O1. The van der Waals surface area contributed by atoms with Crippen LogP contribution < -0.4 is 10.4 Å². The summed E-state index contributed by atoms with van der Waals surface area (Å²) >= 11 is 0. The Labute approximate surface area is 179 Å². The van der Waals surface area contributed by atoms with E-state index >= 15 is 0 Å². The minimum absolute atomic E-state index is 0.149. The van der Waals surface area contributed by atoms with Crippen LogP contribution in [0.5, 0.6) is 0 Å². The second-order valence-corrected chi connectivity index (χ2v) is 13.8. The molecule has 3 atom stereocenters. The highest BCUT2D eigenvalue weighted by Gasteiger charge is 2.57. The standard InChI is InChI=1S/C24H30O5Si/c1-23(2,3)30(17-12-8-6-9-13-17,18-14-10-7-11-15-18)26-16-19-20-21(22(25)27-19)29-24(4,5)28-20/h6-15,19-21H,16H2,1-5H3/t19-,20+,21?/m1/s1. The van der Waals surface area contributed by atoms with Crippen LogP contribution in [-0.2, 0) is 23.4 Å². The molecule has 0 amide bonds. The Hall–Kier alpha value is -1.99. The Morgan fingerprint density at radius 2 is 1.47 bits per heavy atom. The van der Waals surface area contributed by atoms with Crippen LogP contribution in [0.2, 0.25) is 5.04 Å². The van der Waals surface area contributed by atoms with Crippen molar-refractivity contribution in [3.63, 3.8) is 0 Å². The van der Waals surface area contributed by atoms with Crippen LogP contribution in [0.25, 0.3) is 0 Å². The van der Waals surface area contributed by atoms with Crippen molar-refractivity contribution in [2.24, 2.45) is 0 Å².